The Kier molecular flexibility index (Phi) is 5.59. The topological polar surface area (TPSA) is 38.3 Å². The summed E-state index contributed by atoms with van der Waals surface area (Å²) in [5.74, 6) is 1.76. The summed E-state index contributed by atoms with van der Waals surface area (Å²) < 4.78 is 5.70. The third kappa shape index (κ3) is 3.82. The molecule has 126 valence electrons. The molecule has 0 radical (unpaired) electrons. The van der Waals surface area contributed by atoms with Crippen molar-refractivity contribution < 1.29 is 9.53 Å². The lowest BCUT2D eigenvalue weighted by molar-refractivity contribution is -0.123. The van der Waals surface area contributed by atoms with E-state index in [1.54, 1.807) is 7.11 Å². The van der Waals surface area contributed by atoms with Crippen LogP contribution in [0.4, 0.5) is 0 Å². The number of hydrogen-bond donors (Lipinski definition) is 1. The fourth-order valence-corrected chi connectivity index (χ4v) is 4.49. The molecule has 0 aromatic heterocycles. The minimum atomic E-state index is -0.296. The van der Waals surface area contributed by atoms with Crippen molar-refractivity contribution in [3.05, 3.63) is 71.8 Å². The zero-order chi connectivity index (χ0) is 16.8. The van der Waals surface area contributed by atoms with Gasteiger partial charge < -0.3 is 10.1 Å². The number of benzene rings is 2. The highest BCUT2D eigenvalue weighted by Crippen LogP contribution is 2.31. The summed E-state index contributed by atoms with van der Waals surface area (Å²) in [7, 11) is 1.74. The molecule has 3 nitrogen and oxygen atoms in total. The van der Waals surface area contributed by atoms with Gasteiger partial charge >= 0.3 is 0 Å². The van der Waals surface area contributed by atoms with Gasteiger partial charge in [0.15, 0.2) is 0 Å². The Morgan fingerprint density at radius 3 is 2.17 bits per heavy atom. The van der Waals surface area contributed by atoms with E-state index in [4.69, 9.17) is 4.74 Å². The molecule has 24 heavy (non-hydrogen) atoms. The zero-order valence-electron chi connectivity index (χ0n) is 13.9. The lowest BCUT2D eigenvalue weighted by Gasteiger charge is -2.28. The number of methoxy groups -OCH3 is 1. The van der Waals surface area contributed by atoms with Crippen molar-refractivity contribution in [2.75, 3.05) is 25.2 Å². The second-order valence-corrected chi connectivity index (χ2v) is 7.27. The summed E-state index contributed by atoms with van der Waals surface area (Å²) in [6.45, 7) is 0.561. The van der Waals surface area contributed by atoms with Crippen molar-refractivity contribution >= 4 is 17.7 Å². The van der Waals surface area contributed by atoms with Gasteiger partial charge in [0.2, 0.25) is 5.91 Å². The van der Waals surface area contributed by atoms with Crippen LogP contribution in [-0.2, 0) is 9.53 Å². The van der Waals surface area contributed by atoms with Gasteiger partial charge in [-0.1, -0.05) is 60.7 Å². The lowest BCUT2D eigenvalue weighted by Crippen LogP contribution is -2.45. The molecule has 0 saturated carbocycles. The van der Waals surface area contributed by atoms with Crippen molar-refractivity contribution in [2.24, 2.45) is 0 Å². The minimum Gasteiger partial charge on any atom is -0.376 e. The van der Waals surface area contributed by atoms with E-state index in [-0.39, 0.29) is 17.4 Å². The predicted octanol–water partition coefficient (Wildman–Crippen LogP) is 3.46. The van der Waals surface area contributed by atoms with Crippen molar-refractivity contribution in [1.82, 2.24) is 5.32 Å². The Labute approximate surface area is 147 Å². The van der Waals surface area contributed by atoms with Crippen LogP contribution in [0.2, 0.25) is 0 Å². The zero-order valence-corrected chi connectivity index (χ0v) is 14.7. The molecule has 4 heteroatoms. The van der Waals surface area contributed by atoms with E-state index in [9.17, 15) is 4.79 Å². The van der Waals surface area contributed by atoms with Crippen LogP contribution in [-0.4, -0.2) is 36.7 Å². The maximum atomic E-state index is 13.0. The summed E-state index contributed by atoms with van der Waals surface area (Å²) in [6.07, 6.45) is 0.982. The summed E-state index contributed by atoms with van der Waals surface area (Å²) in [6, 6.07) is 19.9. The number of thioether (sulfide) groups is 1. The predicted molar refractivity (Wildman–Crippen MR) is 99.4 cm³/mol. The smallest absolute Gasteiger partial charge is 0.232 e. The number of hydrogen-bond acceptors (Lipinski definition) is 3. The van der Waals surface area contributed by atoms with Gasteiger partial charge in [0.1, 0.15) is 0 Å². The Hall–Kier alpha value is -1.78. The molecule has 3 rings (SSSR count). The first kappa shape index (κ1) is 17.1. The van der Waals surface area contributed by atoms with Crippen LogP contribution in [0.3, 0.4) is 0 Å². The van der Waals surface area contributed by atoms with E-state index in [1.165, 1.54) is 0 Å². The average Bonchev–Trinajstić information content (AvgIpc) is 3.12. The number of rotatable bonds is 6. The second kappa shape index (κ2) is 7.86. The summed E-state index contributed by atoms with van der Waals surface area (Å²) in [5, 5.41) is 3.14. The monoisotopic (exact) mass is 341 g/mol. The number of carbonyl (C=O) groups is 1. The van der Waals surface area contributed by atoms with E-state index < -0.39 is 0 Å². The number of nitrogens with one attached hydrogen (secondary N) is 1. The summed E-state index contributed by atoms with van der Waals surface area (Å²) in [5.41, 5.74) is 1.79. The molecule has 2 aromatic carbocycles. The molecule has 1 aliphatic heterocycles. The molecule has 1 heterocycles. The Bertz CT molecular complexity index is 614. The molecule has 0 spiro atoms. The highest BCUT2D eigenvalue weighted by atomic mass is 32.2. The lowest BCUT2D eigenvalue weighted by atomic mass is 9.90. The van der Waals surface area contributed by atoms with E-state index >= 15 is 0 Å². The first-order valence-corrected chi connectivity index (χ1v) is 9.40. The molecule has 1 N–H and O–H groups in total. The third-order valence-corrected chi connectivity index (χ3v) is 5.84. The molecule has 1 atom stereocenters. The van der Waals surface area contributed by atoms with Gasteiger partial charge in [0.05, 0.1) is 11.5 Å². The minimum absolute atomic E-state index is 0.0284. The first-order chi connectivity index (χ1) is 11.7. The quantitative estimate of drug-likeness (QED) is 0.874. The van der Waals surface area contributed by atoms with Crippen LogP contribution in [0.1, 0.15) is 23.5 Å². The van der Waals surface area contributed by atoms with Crippen LogP contribution < -0.4 is 5.32 Å². The van der Waals surface area contributed by atoms with E-state index in [0.29, 0.717) is 6.54 Å². The van der Waals surface area contributed by atoms with E-state index in [2.05, 4.69) is 5.32 Å². The van der Waals surface area contributed by atoms with Crippen molar-refractivity contribution in [2.45, 2.75) is 17.9 Å². The Balaban J connectivity index is 1.79. The fourth-order valence-electron chi connectivity index (χ4n) is 3.10. The van der Waals surface area contributed by atoms with Crippen LogP contribution in [0.15, 0.2) is 60.7 Å². The molecule has 0 aliphatic carbocycles. The van der Waals surface area contributed by atoms with Gasteiger partial charge in [-0.3, -0.25) is 4.79 Å². The average molecular weight is 341 g/mol. The first-order valence-electron chi connectivity index (χ1n) is 8.25. The molecular weight excluding hydrogens is 318 g/mol. The van der Waals surface area contributed by atoms with Crippen molar-refractivity contribution in [3.8, 4) is 0 Å². The van der Waals surface area contributed by atoms with Crippen LogP contribution in [0.25, 0.3) is 0 Å². The fraction of sp³-hybridized carbons (Fsp3) is 0.350. The van der Waals surface area contributed by atoms with Gasteiger partial charge in [-0.25, -0.2) is 0 Å². The molecule has 0 bridgehead atoms. The van der Waals surface area contributed by atoms with Crippen molar-refractivity contribution in [1.29, 1.82) is 0 Å². The highest BCUT2D eigenvalue weighted by molar-refractivity contribution is 7.99. The summed E-state index contributed by atoms with van der Waals surface area (Å²) in [4.78, 5) is 13.0. The number of ether oxygens (including phenoxy) is 1. The molecule has 1 fully saturated rings. The van der Waals surface area contributed by atoms with Crippen LogP contribution in [0, 0.1) is 0 Å². The van der Waals surface area contributed by atoms with Crippen LogP contribution in [0.5, 0.6) is 0 Å². The largest absolute Gasteiger partial charge is 0.376 e. The van der Waals surface area contributed by atoms with Gasteiger partial charge in [0.25, 0.3) is 0 Å². The molecule has 1 aliphatic rings. The third-order valence-electron chi connectivity index (χ3n) is 4.61. The van der Waals surface area contributed by atoms with Gasteiger partial charge in [0, 0.05) is 19.4 Å². The maximum absolute atomic E-state index is 13.0. The van der Waals surface area contributed by atoms with E-state index in [1.807, 2.05) is 72.4 Å². The Morgan fingerprint density at radius 2 is 1.71 bits per heavy atom. The molecule has 1 saturated heterocycles. The Morgan fingerprint density at radius 1 is 1.12 bits per heavy atom. The van der Waals surface area contributed by atoms with Gasteiger partial charge in [-0.05, 0) is 23.3 Å². The van der Waals surface area contributed by atoms with Gasteiger partial charge in [-0.15, -0.1) is 0 Å². The maximum Gasteiger partial charge on any atom is 0.232 e. The highest BCUT2D eigenvalue weighted by Gasteiger charge is 2.35. The number of amides is 1. The standard InChI is InChI=1S/C20H23NO2S/c1-23-20(12-13-24-15-20)14-21-19(22)18(16-8-4-2-5-9-16)17-10-6-3-7-11-17/h2-11,18H,12-15H2,1H3,(H,21,22)/t20-/m0/s1. The molecule has 1 amide bonds. The van der Waals surface area contributed by atoms with E-state index in [0.717, 1.165) is 29.1 Å². The van der Waals surface area contributed by atoms with Gasteiger partial charge in [-0.2, -0.15) is 11.8 Å². The molecule has 0 unspecified atom stereocenters. The summed E-state index contributed by atoms with van der Waals surface area (Å²) >= 11 is 1.88. The molecular formula is C20H23NO2S. The SMILES string of the molecule is CO[C@]1(CNC(=O)C(c2ccccc2)c2ccccc2)CCSC1. The normalized spacial score (nSPS) is 20.2. The molecule has 2 aromatic rings. The van der Waals surface area contributed by atoms with Crippen LogP contribution >= 0.6 is 11.8 Å². The number of carbonyl (C=O) groups excluding carboxylic acids is 1. The second-order valence-electron chi connectivity index (χ2n) is 6.16. The van der Waals surface area contributed by atoms with Crippen molar-refractivity contribution in [3.63, 3.8) is 0 Å².